The van der Waals surface area contributed by atoms with Gasteiger partial charge >= 0.3 is 6.18 Å². The molecule has 1 atom stereocenters. The number of hydrogen-bond acceptors (Lipinski definition) is 5. The molecule has 0 aliphatic carbocycles. The molecule has 1 aliphatic rings. The first kappa shape index (κ1) is 28.7. The van der Waals surface area contributed by atoms with Gasteiger partial charge in [0.1, 0.15) is 11.5 Å². The summed E-state index contributed by atoms with van der Waals surface area (Å²) < 4.78 is 46.2. The Bertz CT molecular complexity index is 1490. The van der Waals surface area contributed by atoms with E-state index >= 15 is 0 Å². The van der Waals surface area contributed by atoms with E-state index in [1.54, 1.807) is 36.4 Å². The molecular weight excluding hydrogens is 521 g/mol. The average molecular weight is 553 g/mol. The number of ether oxygens (including phenoxy) is 1. The normalized spacial score (nSPS) is 17.3. The van der Waals surface area contributed by atoms with E-state index in [0.29, 0.717) is 5.56 Å². The van der Waals surface area contributed by atoms with Crippen molar-refractivity contribution in [1.82, 2.24) is 0 Å². The van der Waals surface area contributed by atoms with Crippen LogP contribution < -0.4 is 14.5 Å². The molecule has 1 N–H and O–H groups in total. The number of aliphatic hydroxyl groups excluding tert-OH is 1. The summed E-state index contributed by atoms with van der Waals surface area (Å²) in [6.07, 6.45) is -4.66. The summed E-state index contributed by atoms with van der Waals surface area (Å²) in [4.78, 5) is 29.9. The van der Waals surface area contributed by atoms with E-state index in [9.17, 15) is 27.9 Å². The molecule has 40 heavy (non-hydrogen) atoms. The lowest BCUT2D eigenvalue weighted by molar-refractivity contribution is -0.137. The highest BCUT2D eigenvalue weighted by Crippen LogP contribution is 2.45. The number of nitrogens with zero attached hydrogens (tertiary/aromatic N) is 2. The van der Waals surface area contributed by atoms with Gasteiger partial charge in [0.15, 0.2) is 0 Å². The van der Waals surface area contributed by atoms with E-state index in [1.807, 2.05) is 45.8 Å². The first-order valence-electron chi connectivity index (χ1n) is 12.6. The van der Waals surface area contributed by atoms with Crippen molar-refractivity contribution in [1.29, 1.82) is 0 Å². The van der Waals surface area contributed by atoms with Crippen molar-refractivity contribution >= 4 is 28.8 Å². The largest absolute Gasteiger partial charge is 0.507 e. The van der Waals surface area contributed by atoms with Crippen LogP contribution in [0.5, 0.6) is 5.75 Å². The van der Waals surface area contributed by atoms with Gasteiger partial charge in [-0.25, -0.2) is 0 Å². The number of alkyl halides is 3. The molecule has 1 aliphatic heterocycles. The van der Waals surface area contributed by atoms with Crippen LogP contribution in [0.1, 0.15) is 49.1 Å². The molecule has 1 fully saturated rings. The third-order valence-corrected chi connectivity index (χ3v) is 6.94. The van der Waals surface area contributed by atoms with Crippen molar-refractivity contribution in [2.45, 2.75) is 38.4 Å². The number of Topliss-reactive ketones (excluding diaryl/α,β-unsaturated/α-hetero) is 1. The molecule has 9 heteroatoms. The second kappa shape index (κ2) is 10.4. The number of hydrogen-bond donors (Lipinski definition) is 1. The fourth-order valence-corrected chi connectivity index (χ4v) is 4.71. The Balaban J connectivity index is 2.00. The van der Waals surface area contributed by atoms with Gasteiger partial charge in [-0.15, -0.1) is 0 Å². The van der Waals surface area contributed by atoms with Crippen molar-refractivity contribution in [2.75, 3.05) is 31.0 Å². The summed E-state index contributed by atoms with van der Waals surface area (Å²) in [5.41, 5.74) is 0.674. The zero-order valence-electron chi connectivity index (χ0n) is 23.1. The number of carbonyl (C=O) groups is 2. The van der Waals surface area contributed by atoms with Crippen molar-refractivity contribution in [3.05, 3.63) is 94.6 Å². The minimum atomic E-state index is -4.66. The number of ketones is 1. The third kappa shape index (κ3) is 5.28. The van der Waals surface area contributed by atoms with Gasteiger partial charge in [-0.2, -0.15) is 13.2 Å². The number of anilines is 2. The van der Waals surface area contributed by atoms with Crippen LogP contribution in [0, 0.1) is 0 Å². The molecule has 3 aromatic carbocycles. The van der Waals surface area contributed by atoms with Gasteiger partial charge in [-0.1, -0.05) is 45.0 Å². The Kier molecular flexibility index (Phi) is 7.45. The van der Waals surface area contributed by atoms with Gasteiger partial charge in [0.25, 0.3) is 11.7 Å². The van der Waals surface area contributed by atoms with Gasteiger partial charge in [0.2, 0.25) is 0 Å². The van der Waals surface area contributed by atoms with E-state index in [0.717, 1.165) is 28.3 Å². The lowest BCUT2D eigenvalue weighted by atomic mass is 9.85. The maximum absolute atomic E-state index is 13.6. The lowest BCUT2D eigenvalue weighted by Crippen LogP contribution is -2.29. The fourth-order valence-electron chi connectivity index (χ4n) is 4.71. The zero-order chi connectivity index (χ0) is 29.6. The Morgan fingerprint density at radius 3 is 2.12 bits per heavy atom. The van der Waals surface area contributed by atoms with Crippen LogP contribution in [0.25, 0.3) is 5.76 Å². The first-order chi connectivity index (χ1) is 18.6. The first-order valence-corrected chi connectivity index (χ1v) is 12.6. The van der Waals surface area contributed by atoms with Crippen molar-refractivity contribution in [2.24, 2.45) is 0 Å². The van der Waals surface area contributed by atoms with E-state index < -0.39 is 35.2 Å². The van der Waals surface area contributed by atoms with E-state index in [2.05, 4.69) is 0 Å². The Morgan fingerprint density at radius 1 is 0.925 bits per heavy atom. The van der Waals surface area contributed by atoms with Crippen molar-refractivity contribution < 1.29 is 32.6 Å². The molecule has 1 unspecified atom stereocenters. The maximum Gasteiger partial charge on any atom is 0.416 e. The summed E-state index contributed by atoms with van der Waals surface area (Å²) in [6, 6.07) is 15.1. The molecular formula is C31H31F3N2O4. The van der Waals surface area contributed by atoms with Crippen LogP contribution in [0.3, 0.4) is 0 Å². The van der Waals surface area contributed by atoms with Gasteiger partial charge in [-0.3, -0.25) is 14.5 Å². The molecule has 1 saturated heterocycles. The maximum atomic E-state index is 13.6. The molecule has 0 spiro atoms. The van der Waals surface area contributed by atoms with Crippen molar-refractivity contribution in [3.63, 3.8) is 0 Å². The zero-order valence-corrected chi connectivity index (χ0v) is 23.1. The lowest BCUT2D eigenvalue weighted by Gasteiger charge is -2.27. The highest BCUT2D eigenvalue weighted by molar-refractivity contribution is 6.51. The van der Waals surface area contributed by atoms with Crippen LogP contribution in [-0.2, 0) is 21.2 Å². The number of amides is 1. The number of carbonyl (C=O) groups excluding carboxylic acids is 2. The molecule has 3 aromatic rings. The molecule has 0 aromatic heterocycles. The van der Waals surface area contributed by atoms with Gasteiger partial charge in [0.05, 0.1) is 29.9 Å². The number of benzene rings is 3. The molecule has 1 heterocycles. The summed E-state index contributed by atoms with van der Waals surface area (Å²) in [7, 11) is 5.11. The monoisotopic (exact) mass is 552 g/mol. The molecule has 0 saturated carbocycles. The Hall–Kier alpha value is -4.27. The number of methoxy groups -OCH3 is 1. The quantitative estimate of drug-likeness (QED) is 0.217. The highest BCUT2D eigenvalue weighted by atomic mass is 19.4. The second-order valence-corrected chi connectivity index (χ2v) is 10.9. The van der Waals surface area contributed by atoms with Gasteiger partial charge in [-0.05, 0) is 59.0 Å². The van der Waals surface area contributed by atoms with E-state index in [1.165, 1.54) is 19.2 Å². The molecule has 0 bridgehead atoms. The minimum absolute atomic E-state index is 0.118. The van der Waals surface area contributed by atoms with Crippen LogP contribution in [-0.4, -0.2) is 38.0 Å². The molecule has 4 rings (SSSR count). The predicted molar refractivity (Wildman–Crippen MR) is 149 cm³/mol. The summed E-state index contributed by atoms with van der Waals surface area (Å²) in [6.45, 7) is 5.95. The second-order valence-electron chi connectivity index (χ2n) is 10.9. The summed E-state index contributed by atoms with van der Waals surface area (Å²) in [5, 5.41) is 11.6. The van der Waals surface area contributed by atoms with Crippen LogP contribution in [0.2, 0.25) is 0 Å². The van der Waals surface area contributed by atoms with Crippen LogP contribution >= 0.6 is 0 Å². The summed E-state index contributed by atoms with van der Waals surface area (Å²) in [5.74, 6) is -2.26. The van der Waals surface area contributed by atoms with E-state index in [4.69, 9.17) is 4.74 Å². The Morgan fingerprint density at radius 2 is 1.57 bits per heavy atom. The Labute approximate surface area is 231 Å². The third-order valence-electron chi connectivity index (χ3n) is 6.94. The average Bonchev–Trinajstić information content (AvgIpc) is 3.17. The predicted octanol–water partition coefficient (Wildman–Crippen LogP) is 6.70. The highest BCUT2D eigenvalue weighted by Gasteiger charge is 2.47. The standard InChI is InChI=1S/C31H31F3N2O4/c1-30(2,3)19-12-15-24(40-6)23(17-19)27(37)25-26(18-10-13-21(14-11-18)35(4)5)36(29(39)28(25)38)22-9-7-8-20(16-22)31(32,33)34/h7-17,26,37H,1-6H3/b27-25+. The summed E-state index contributed by atoms with van der Waals surface area (Å²) >= 11 is 0. The number of halogens is 3. The minimum Gasteiger partial charge on any atom is -0.507 e. The van der Waals surface area contributed by atoms with E-state index in [-0.39, 0.29) is 28.0 Å². The van der Waals surface area contributed by atoms with Crippen LogP contribution in [0.4, 0.5) is 24.5 Å². The SMILES string of the molecule is COc1ccc(C(C)(C)C)cc1/C(O)=C1\C(=O)C(=O)N(c2cccc(C(F)(F)F)c2)C1c1ccc(N(C)C)cc1. The number of rotatable bonds is 5. The molecule has 6 nitrogen and oxygen atoms in total. The van der Waals surface area contributed by atoms with Crippen LogP contribution in [0.15, 0.2) is 72.3 Å². The molecule has 0 radical (unpaired) electrons. The van der Waals surface area contributed by atoms with Crippen molar-refractivity contribution in [3.8, 4) is 5.75 Å². The topological polar surface area (TPSA) is 70.1 Å². The molecule has 210 valence electrons. The smallest absolute Gasteiger partial charge is 0.416 e. The molecule has 1 amide bonds. The van der Waals surface area contributed by atoms with Gasteiger partial charge in [0, 0.05) is 25.5 Å². The number of aliphatic hydroxyl groups is 1. The fraction of sp³-hybridized carbons (Fsp3) is 0.290. The van der Waals surface area contributed by atoms with Gasteiger partial charge < -0.3 is 14.7 Å².